The van der Waals surface area contributed by atoms with Crippen LogP contribution < -0.4 is 5.32 Å². The molecule has 0 bridgehead atoms. The zero-order valence-corrected chi connectivity index (χ0v) is 13.7. The van der Waals surface area contributed by atoms with Gasteiger partial charge in [0.25, 0.3) is 0 Å². The molecule has 0 unspecified atom stereocenters. The van der Waals surface area contributed by atoms with Crippen LogP contribution in [0.25, 0.3) is 0 Å². The van der Waals surface area contributed by atoms with E-state index >= 15 is 0 Å². The lowest BCUT2D eigenvalue weighted by Gasteiger charge is -2.24. The summed E-state index contributed by atoms with van der Waals surface area (Å²) in [5, 5.41) is 13.0. The van der Waals surface area contributed by atoms with E-state index in [2.05, 4.69) is 45.5 Å². The van der Waals surface area contributed by atoms with Crippen molar-refractivity contribution in [2.24, 2.45) is 0 Å². The molecule has 1 aromatic heterocycles. The van der Waals surface area contributed by atoms with E-state index in [1.165, 1.54) is 17.5 Å². The minimum absolute atomic E-state index is 0.261. The molecule has 1 aliphatic rings. The summed E-state index contributed by atoms with van der Waals surface area (Å²) in [6.45, 7) is 5.06. The molecular weight excluding hydrogens is 286 g/mol. The first-order valence-corrected chi connectivity index (χ1v) is 8.34. The summed E-state index contributed by atoms with van der Waals surface area (Å²) in [7, 11) is 0. The van der Waals surface area contributed by atoms with E-state index in [1.54, 1.807) is 0 Å². The average molecular weight is 311 g/mol. The molecule has 2 aromatic rings. The minimum Gasteiger partial charge on any atom is -0.395 e. The molecule has 0 radical (unpaired) electrons. The first kappa shape index (κ1) is 16.0. The highest BCUT2D eigenvalue weighted by Gasteiger charge is 2.24. The maximum Gasteiger partial charge on any atom is 0.0587 e. The van der Waals surface area contributed by atoms with Gasteiger partial charge in [0, 0.05) is 36.7 Å². The number of aryl methyl sites for hydroxylation is 1. The second-order valence-electron chi connectivity index (χ2n) is 6.26. The minimum atomic E-state index is 0.261. The smallest absolute Gasteiger partial charge is 0.0587 e. The molecule has 0 amide bonds. The van der Waals surface area contributed by atoms with E-state index in [4.69, 9.17) is 0 Å². The van der Waals surface area contributed by atoms with Crippen LogP contribution in [0.3, 0.4) is 0 Å². The Labute approximate surface area is 138 Å². The fourth-order valence-electron chi connectivity index (χ4n) is 3.27. The van der Waals surface area contributed by atoms with Crippen LogP contribution in [0.2, 0.25) is 0 Å². The lowest BCUT2D eigenvalue weighted by atomic mass is 10.1. The van der Waals surface area contributed by atoms with Crippen LogP contribution in [0, 0.1) is 6.92 Å². The summed E-state index contributed by atoms with van der Waals surface area (Å²) < 4.78 is 0. The first-order chi connectivity index (χ1) is 11.3. The lowest BCUT2D eigenvalue weighted by molar-refractivity contribution is 0.153. The van der Waals surface area contributed by atoms with Crippen molar-refractivity contribution in [3.05, 3.63) is 59.4 Å². The molecule has 3 rings (SSSR count). The molecule has 0 saturated carbocycles. The van der Waals surface area contributed by atoms with Crippen molar-refractivity contribution < 1.29 is 5.11 Å². The van der Waals surface area contributed by atoms with Crippen molar-refractivity contribution >= 4 is 5.69 Å². The molecule has 4 nitrogen and oxygen atoms in total. The van der Waals surface area contributed by atoms with Crippen molar-refractivity contribution in [1.82, 2.24) is 9.88 Å². The third kappa shape index (κ3) is 4.09. The van der Waals surface area contributed by atoms with Gasteiger partial charge in [-0.15, -0.1) is 0 Å². The maximum absolute atomic E-state index is 9.50. The first-order valence-electron chi connectivity index (χ1n) is 8.34. The third-order valence-corrected chi connectivity index (χ3v) is 4.58. The number of nitrogens with zero attached hydrogens (tertiary/aromatic N) is 2. The predicted octanol–water partition coefficient (Wildman–Crippen LogP) is 2.96. The Bertz CT molecular complexity index is 644. The molecule has 0 spiro atoms. The van der Waals surface area contributed by atoms with E-state index in [1.807, 2.05) is 19.2 Å². The number of nitrogens with one attached hydrogen (secondary N) is 1. The SMILES string of the molecule is Cc1cc(NCc2ccccc2CN2CCC[C@@H]2CO)ccn1. The molecule has 23 heavy (non-hydrogen) atoms. The fraction of sp³-hybridized carbons (Fsp3) is 0.421. The van der Waals surface area contributed by atoms with Crippen molar-refractivity contribution in [3.8, 4) is 0 Å². The van der Waals surface area contributed by atoms with Gasteiger partial charge in [0.05, 0.1) is 6.61 Å². The van der Waals surface area contributed by atoms with Crippen LogP contribution in [-0.2, 0) is 13.1 Å². The van der Waals surface area contributed by atoms with Gasteiger partial charge in [0.1, 0.15) is 0 Å². The highest BCUT2D eigenvalue weighted by Crippen LogP contribution is 2.22. The van der Waals surface area contributed by atoms with E-state index in [0.29, 0.717) is 6.04 Å². The number of pyridine rings is 1. The van der Waals surface area contributed by atoms with Gasteiger partial charge in [-0.3, -0.25) is 9.88 Å². The topological polar surface area (TPSA) is 48.4 Å². The van der Waals surface area contributed by atoms with Gasteiger partial charge in [-0.25, -0.2) is 0 Å². The van der Waals surface area contributed by atoms with Crippen LogP contribution >= 0.6 is 0 Å². The van der Waals surface area contributed by atoms with Gasteiger partial charge in [-0.1, -0.05) is 24.3 Å². The second kappa shape index (κ2) is 7.57. The molecule has 2 heterocycles. The Morgan fingerprint density at radius 1 is 1.26 bits per heavy atom. The number of hydrogen-bond acceptors (Lipinski definition) is 4. The van der Waals surface area contributed by atoms with Crippen molar-refractivity contribution in [3.63, 3.8) is 0 Å². The Balaban J connectivity index is 1.68. The predicted molar refractivity (Wildman–Crippen MR) is 93.3 cm³/mol. The Morgan fingerprint density at radius 3 is 2.87 bits per heavy atom. The van der Waals surface area contributed by atoms with Crippen LogP contribution in [-0.4, -0.2) is 34.2 Å². The largest absolute Gasteiger partial charge is 0.395 e. The zero-order chi connectivity index (χ0) is 16.1. The van der Waals surface area contributed by atoms with Crippen molar-refractivity contribution in [2.45, 2.75) is 38.9 Å². The van der Waals surface area contributed by atoms with E-state index in [-0.39, 0.29) is 6.61 Å². The van der Waals surface area contributed by atoms with Gasteiger partial charge in [0.2, 0.25) is 0 Å². The molecular formula is C19H25N3O. The Morgan fingerprint density at radius 2 is 2.09 bits per heavy atom. The number of rotatable bonds is 6. The summed E-state index contributed by atoms with van der Waals surface area (Å²) in [4.78, 5) is 6.63. The Hall–Kier alpha value is -1.91. The average Bonchev–Trinajstić information content (AvgIpc) is 3.01. The third-order valence-electron chi connectivity index (χ3n) is 4.58. The monoisotopic (exact) mass is 311 g/mol. The van der Waals surface area contributed by atoms with Crippen LogP contribution in [0.15, 0.2) is 42.6 Å². The van der Waals surface area contributed by atoms with E-state index in [9.17, 15) is 5.11 Å². The highest BCUT2D eigenvalue weighted by molar-refractivity contribution is 5.44. The van der Waals surface area contributed by atoms with Gasteiger partial charge >= 0.3 is 0 Å². The van der Waals surface area contributed by atoms with Crippen LogP contribution in [0.1, 0.15) is 29.7 Å². The van der Waals surface area contributed by atoms with E-state index in [0.717, 1.165) is 37.4 Å². The highest BCUT2D eigenvalue weighted by atomic mass is 16.3. The molecule has 1 atom stereocenters. The van der Waals surface area contributed by atoms with Crippen molar-refractivity contribution in [1.29, 1.82) is 0 Å². The maximum atomic E-state index is 9.50. The number of aliphatic hydroxyl groups excluding tert-OH is 1. The molecule has 2 N–H and O–H groups in total. The van der Waals surface area contributed by atoms with Crippen molar-refractivity contribution in [2.75, 3.05) is 18.5 Å². The fourth-order valence-corrected chi connectivity index (χ4v) is 3.27. The van der Waals surface area contributed by atoms with Crippen LogP contribution in [0.5, 0.6) is 0 Å². The summed E-state index contributed by atoms with van der Waals surface area (Å²) in [6, 6.07) is 12.9. The molecule has 122 valence electrons. The molecule has 0 aliphatic carbocycles. The summed E-state index contributed by atoms with van der Waals surface area (Å²) >= 11 is 0. The van der Waals surface area contributed by atoms with Gasteiger partial charge in [-0.05, 0) is 49.6 Å². The number of likely N-dealkylation sites (tertiary alicyclic amines) is 1. The molecule has 1 fully saturated rings. The number of aliphatic hydroxyl groups is 1. The summed E-state index contributed by atoms with van der Waals surface area (Å²) in [6.07, 6.45) is 4.12. The normalized spacial score (nSPS) is 18.3. The number of benzene rings is 1. The number of hydrogen-bond donors (Lipinski definition) is 2. The molecule has 4 heteroatoms. The van der Waals surface area contributed by atoms with Crippen LogP contribution in [0.4, 0.5) is 5.69 Å². The number of anilines is 1. The van der Waals surface area contributed by atoms with Gasteiger partial charge < -0.3 is 10.4 Å². The molecule has 1 aromatic carbocycles. The Kier molecular flexibility index (Phi) is 5.26. The lowest BCUT2D eigenvalue weighted by Crippen LogP contribution is -2.32. The molecule has 1 saturated heterocycles. The van der Waals surface area contributed by atoms with Gasteiger partial charge in [-0.2, -0.15) is 0 Å². The molecule has 1 aliphatic heterocycles. The number of aromatic nitrogens is 1. The summed E-state index contributed by atoms with van der Waals surface area (Å²) in [5.41, 5.74) is 4.77. The van der Waals surface area contributed by atoms with Gasteiger partial charge in [0.15, 0.2) is 0 Å². The second-order valence-corrected chi connectivity index (χ2v) is 6.26. The summed E-state index contributed by atoms with van der Waals surface area (Å²) in [5.74, 6) is 0. The quantitative estimate of drug-likeness (QED) is 0.861. The standard InChI is InChI=1S/C19H25N3O/c1-15-11-18(8-9-20-15)21-12-16-5-2-3-6-17(16)13-22-10-4-7-19(22)14-23/h2-3,5-6,8-9,11,19,23H,4,7,10,12-14H2,1H3,(H,20,21)/t19-/m1/s1. The zero-order valence-electron chi connectivity index (χ0n) is 13.7. The van der Waals surface area contributed by atoms with E-state index < -0.39 is 0 Å².